The van der Waals surface area contributed by atoms with Crippen LogP contribution in [0.5, 0.6) is 0 Å². The Morgan fingerprint density at radius 2 is 1.79 bits per heavy atom. The fraction of sp³-hybridized carbons (Fsp3) is 0.533. The van der Waals surface area contributed by atoms with Gasteiger partial charge in [0.2, 0.25) is 0 Å². The number of hydrogen-bond donors (Lipinski definition) is 2. The summed E-state index contributed by atoms with van der Waals surface area (Å²) in [6, 6.07) is 9.06. The van der Waals surface area contributed by atoms with Crippen LogP contribution in [0.2, 0.25) is 0 Å². The predicted octanol–water partition coefficient (Wildman–Crippen LogP) is 1.49. The number of likely N-dealkylation sites (tertiary alicyclic amines) is 1. The van der Waals surface area contributed by atoms with Crippen LogP contribution in [0.3, 0.4) is 0 Å². The van der Waals surface area contributed by atoms with Crippen LogP contribution in [0.25, 0.3) is 0 Å². The van der Waals surface area contributed by atoms with Gasteiger partial charge in [-0.1, -0.05) is 36.8 Å². The summed E-state index contributed by atoms with van der Waals surface area (Å²) in [5, 5.41) is 19.3. The fourth-order valence-electron chi connectivity index (χ4n) is 2.75. The summed E-state index contributed by atoms with van der Waals surface area (Å²) < 4.78 is 0. The molecule has 2 rings (SSSR count). The summed E-state index contributed by atoms with van der Waals surface area (Å²) in [5.41, 5.74) is -0.533. The molecule has 4 nitrogen and oxygen atoms in total. The first-order valence-electron chi connectivity index (χ1n) is 6.81. The Labute approximate surface area is 113 Å². The van der Waals surface area contributed by atoms with Crippen molar-refractivity contribution in [1.82, 2.24) is 4.90 Å². The van der Waals surface area contributed by atoms with Crippen molar-refractivity contribution in [2.45, 2.75) is 24.7 Å². The zero-order chi connectivity index (χ0) is 13.7. The van der Waals surface area contributed by atoms with Crippen LogP contribution < -0.4 is 0 Å². The fourth-order valence-corrected chi connectivity index (χ4v) is 2.75. The summed E-state index contributed by atoms with van der Waals surface area (Å²) >= 11 is 0. The van der Waals surface area contributed by atoms with Crippen LogP contribution in [0.15, 0.2) is 30.3 Å². The zero-order valence-corrected chi connectivity index (χ0v) is 11.1. The molecule has 1 fully saturated rings. The van der Waals surface area contributed by atoms with Gasteiger partial charge in [-0.05, 0) is 31.5 Å². The molecule has 0 saturated carbocycles. The summed E-state index contributed by atoms with van der Waals surface area (Å²) in [4.78, 5) is 13.9. The van der Waals surface area contributed by atoms with Crippen molar-refractivity contribution in [3.05, 3.63) is 35.9 Å². The van der Waals surface area contributed by atoms with Gasteiger partial charge in [-0.3, -0.25) is 4.79 Å². The van der Waals surface area contributed by atoms with E-state index in [1.165, 1.54) is 6.42 Å². The standard InChI is InChI=1S/C15H21NO3/c17-12-15(14(18)19,13-7-3-1-4-8-13)11-16-9-5-2-6-10-16/h1,3-4,7-8,17H,2,5-6,9-12H2,(H,18,19). The first kappa shape index (κ1) is 14.0. The number of hydrogen-bond acceptors (Lipinski definition) is 3. The number of nitrogens with zero attached hydrogens (tertiary/aromatic N) is 1. The molecule has 2 N–H and O–H groups in total. The number of aliphatic hydroxyl groups excluding tert-OH is 1. The second kappa shape index (κ2) is 6.17. The summed E-state index contributed by atoms with van der Waals surface area (Å²) in [5.74, 6) is -0.952. The van der Waals surface area contributed by atoms with E-state index in [1.807, 2.05) is 18.2 Å². The van der Waals surface area contributed by atoms with Crippen LogP contribution >= 0.6 is 0 Å². The Morgan fingerprint density at radius 3 is 2.32 bits per heavy atom. The van der Waals surface area contributed by atoms with Crippen LogP contribution in [0, 0.1) is 0 Å². The van der Waals surface area contributed by atoms with E-state index in [0.717, 1.165) is 25.9 Å². The van der Waals surface area contributed by atoms with Crippen molar-refractivity contribution in [3.8, 4) is 0 Å². The highest BCUT2D eigenvalue weighted by Gasteiger charge is 2.41. The number of carboxylic acid groups (broad SMARTS) is 1. The van der Waals surface area contributed by atoms with E-state index in [4.69, 9.17) is 0 Å². The molecule has 0 amide bonds. The molecule has 0 bridgehead atoms. The SMILES string of the molecule is O=C(O)C(CO)(CN1CCCCC1)c1ccccc1. The van der Waals surface area contributed by atoms with Crippen LogP contribution in [0.1, 0.15) is 24.8 Å². The van der Waals surface area contributed by atoms with Crippen molar-refractivity contribution in [3.63, 3.8) is 0 Å². The lowest BCUT2D eigenvalue weighted by Crippen LogP contribution is -2.50. The van der Waals surface area contributed by atoms with Crippen LogP contribution in [-0.2, 0) is 10.2 Å². The van der Waals surface area contributed by atoms with Gasteiger partial charge >= 0.3 is 5.97 Å². The van der Waals surface area contributed by atoms with Gasteiger partial charge in [-0.2, -0.15) is 0 Å². The number of rotatable bonds is 5. The Balaban J connectivity index is 2.26. The third-order valence-electron chi connectivity index (χ3n) is 3.95. The van der Waals surface area contributed by atoms with Crippen molar-refractivity contribution in [1.29, 1.82) is 0 Å². The molecule has 0 aliphatic carbocycles. The second-order valence-corrected chi connectivity index (χ2v) is 5.25. The molecule has 0 aromatic heterocycles. The first-order valence-corrected chi connectivity index (χ1v) is 6.81. The maximum Gasteiger partial charge on any atom is 0.317 e. The highest BCUT2D eigenvalue weighted by atomic mass is 16.4. The van der Waals surface area contributed by atoms with E-state index in [2.05, 4.69) is 4.90 Å². The van der Waals surface area contributed by atoms with E-state index < -0.39 is 11.4 Å². The molecule has 1 aromatic carbocycles. The number of carbonyl (C=O) groups is 1. The monoisotopic (exact) mass is 263 g/mol. The molecule has 1 aliphatic heterocycles. The molecular formula is C15H21NO3. The van der Waals surface area contributed by atoms with E-state index in [0.29, 0.717) is 12.1 Å². The lowest BCUT2D eigenvalue weighted by molar-refractivity contribution is -0.146. The predicted molar refractivity (Wildman–Crippen MR) is 73.1 cm³/mol. The molecule has 1 unspecified atom stereocenters. The third-order valence-corrected chi connectivity index (χ3v) is 3.95. The van der Waals surface area contributed by atoms with Crippen molar-refractivity contribution >= 4 is 5.97 Å². The average Bonchev–Trinajstić information content (AvgIpc) is 2.46. The second-order valence-electron chi connectivity index (χ2n) is 5.25. The number of carboxylic acids is 1. The van der Waals surface area contributed by atoms with E-state index >= 15 is 0 Å². The number of aliphatic carboxylic acids is 1. The molecule has 1 heterocycles. The lowest BCUT2D eigenvalue weighted by Gasteiger charge is -2.36. The van der Waals surface area contributed by atoms with E-state index in [-0.39, 0.29) is 6.61 Å². The number of aliphatic hydroxyl groups is 1. The normalized spacial score (nSPS) is 19.8. The summed E-state index contributed by atoms with van der Waals surface area (Å²) in [7, 11) is 0. The topological polar surface area (TPSA) is 60.8 Å². The smallest absolute Gasteiger partial charge is 0.317 e. The van der Waals surface area contributed by atoms with E-state index in [1.54, 1.807) is 12.1 Å². The Bertz CT molecular complexity index is 415. The minimum absolute atomic E-state index is 0.372. The zero-order valence-electron chi connectivity index (χ0n) is 11.1. The van der Waals surface area contributed by atoms with Gasteiger partial charge < -0.3 is 15.1 Å². The van der Waals surface area contributed by atoms with Gasteiger partial charge in [0, 0.05) is 6.54 Å². The molecule has 1 atom stereocenters. The van der Waals surface area contributed by atoms with Gasteiger partial charge in [0.25, 0.3) is 0 Å². The molecule has 0 radical (unpaired) electrons. The van der Waals surface area contributed by atoms with Crippen LogP contribution in [-0.4, -0.2) is 47.3 Å². The van der Waals surface area contributed by atoms with E-state index in [9.17, 15) is 15.0 Å². The molecule has 19 heavy (non-hydrogen) atoms. The highest BCUT2D eigenvalue weighted by molar-refractivity contribution is 5.82. The molecule has 0 spiro atoms. The maximum atomic E-state index is 11.7. The summed E-state index contributed by atoms with van der Waals surface area (Å²) in [6.07, 6.45) is 3.42. The minimum Gasteiger partial charge on any atom is -0.480 e. The Morgan fingerprint density at radius 1 is 1.16 bits per heavy atom. The average molecular weight is 263 g/mol. The summed E-state index contributed by atoms with van der Waals surface area (Å²) in [6.45, 7) is 1.84. The van der Waals surface area contributed by atoms with Gasteiger partial charge in [-0.25, -0.2) is 0 Å². The Kier molecular flexibility index (Phi) is 4.56. The molecule has 104 valence electrons. The number of benzene rings is 1. The third kappa shape index (κ3) is 2.96. The van der Waals surface area contributed by atoms with Crippen molar-refractivity contribution in [2.75, 3.05) is 26.2 Å². The molecule has 1 aliphatic rings. The van der Waals surface area contributed by atoms with Crippen molar-refractivity contribution in [2.24, 2.45) is 0 Å². The molecule has 1 saturated heterocycles. The van der Waals surface area contributed by atoms with Gasteiger partial charge in [0.1, 0.15) is 5.41 Å². The quantitative estimate of drug-likeness (QED) is 0.845. The molecule has 4 heteroatoms. The Hall–Kier alpha value is -1.39. The minimum atomic E-state index is -1.21. The largest absolute Gasteiger partial charge is 0.480 e. The van der Waals surface area contributed by atoms with Gasteiger partial charge in [-0.15, -0.1) is 0 Å². The van der Waals surface area contributed by atoms with Crippen LogP contribution in [0.4, 0.5) is 0 Å². The maximum absolute atomic E-state index is 11.7. The van der Waals surface area contributed by atoms with Crippen molar-refractivity contribution < 1.29 is 15.0 Å². The molecular weight excluding hydrogens is 242 g/mol. The highest BCUT2D eigenvalue weighted by Crippen LogP contribution is 2.27. The first-order chi connectivity index (χ1) is 9.19. The van der Waals surface area contributed by atoms with Gasteiger partial charge in [0.15, 0.2) is 0 Å². The molecule has 1 aromatic rings. The van der Waals surface area contributed by atoms with Gasteiger partial charge in [0.05, 0.1) is 6.61 Å². The lowest BCUT2D eigenvalue weighted by atomic mass is 9.80. The number of piperidine rings is 1.